The number of nitrogens with zero attached hydrogens (tertiary/aromatic N) is 2. The normalized spacial score (nSPS) is 18.9. The molecule has 0 radical (unpaired) electrons. The first-order valence-corrected chi connectivity index (χ1v) is 7.68. The van der Waals surface area contributed by atoms with Crippen LogP contribution in [-0.2, 0) is 14.4 Å². The van der Waals surface area contributed by atoms with Gasteiger partial charge < -0.3 is 15.5 Å². The lowest BCUT2D eigenvalue weighted by atomic mass is 9.98. The fraction of sp³-hybridized carbons (Fsp3) is 0.600. The van der Waals surface area contributed by atoms with E-state index in [2.05, 4.69) is 17.2 Å². The summed E-state index contributed by atoms with van der Waals surface area (Å²) in [4.78, 5) is 49.7. The van der Waals surface area contributed by atoms with E-state index in [0.29, 0.717) is 12.8 Å². The molecule has 2 N–H and O–H groups in total. The molecule has 0 atom stereocenters. The van der Waals surface area contributed by atoms with Crippen LogP contribution >= 0.6 is 0 Å². The summed E-state index contributed by atoms with van der Waals surface area (Å²) in [7, 11) is 1.49. The maximum absolute atomic E-state index is 12.4. The summed E-state index contributed by atoms with van der Waals surface area (Å²) in [6.45, 7) is 3.52. The van der Waals surface area contributed by atoms with Crippen molar-refractivity contribution in [2.24, 2.45) is 0 Å². The third-order valence-corrected chi connectivity index (χ3v) is 4.29. The van der Waals surface area contributed by atoms with E-state index in [0.717, 1.165) is 23.8 Å². The van der Waals surface area contributed by atoms with Gasteiger partial charge in [0.1, 0.15) is 5.54 Å². The highest BCUT2D eigenvalue weighted by Gasteiger charge is 2.52. The highest BCUT2D eigenvalue weighted by atomic mass is 16.2. The van der Waals surface area contributed by atoms with Crippen molar-refractivity contribution in [1.29, 1.82) is 0 Å². The quantitative estimate of drug-likeness (QED) is 0.514. The lowest BCUT2D eigenvalue weighted by molar-refractivity contribution is -0.132. The van der Waals surface area contributed by atoms with E-state index >= 15 is 0 Å². The third-order valence-electron chi connectivity index (χ3n) is 4.29. The Morgan fingerprint density at radius 3 is 2.65 bits per heavy atom. The number of rotatable bonds is 6. The molecule has 5 amide bonds. The second kappa shape index (κ2) is 6.80. The van der Waals surface area contributed by atoms with E-state index in [-0.39, 0.29) is 37.4 Å². The lowest BCUT2D eigenvalue weighted by Gasteiger charge is -2.20. The van der Waals surface area contributed by atoms with Gasteiger partial charge in [0.05, 0.1) is 6.54 Å². The molecule has 2 aliphatic rings. The topological polar surface area (TPSA) is 98.8 Å². The van der Waals surface area contributed by atoms with Crippen molar-refractivity contribution in [2.75, 3.05) is 26.7 Å². The number of amides is 5. The van der Waals surface area contributed by atoms with E-state index in [1.807, 2.05) is 0 Å². The van der Waals surface area contributed by atoms with Crippen molar-refractivity contribution < 1.29 is 19.2 Å². The van der Waals surface area contributed by atoms with Crippen molar-refractivity contribution in [3.8, 4) is 0 Å². The molecule has 126 valence electrons. The molecule has 8 heteroatoms. The van der Waals surface area contributed by atoms with E-state index in [4.69, 9.17) is 0 Å². The number of urea groups is 1. The molecular formula is C15H22N4O4. The first-order chi connectivity index (χ1) is 10.9. The fourth-order valence-corrected chi connectivity index (χ4v) is 3.01. The number of nitrogens with one attached hydrogen (secondary N) is 2. The molecule has 1 saturated heterocycles. The monoisotopic (exact) mass is 322 g/mol. The largest absolute Gasteiger partial charge is 0.353 e. The number of hydrogen-bond acceptors (Lipinski definition) is 4. The summed E-state index contributed by atoms with van der Waals surface area (Å²) in [5.41, 5.74) is -0.725. The SMILES string of the molecule is C=CC(=O)N(C)CC(=O)NCCN1C(=O)NC2(CCCC2)C1=O. The van der Waals surface area contributed by atoms with Crippen molar-refractivity contribution >= 4 is 23.8 Å². The van der Waals surface area contributed by atoms with Crippen LogP contribution in [0.1, 0.15) is 25.7 Å². The lowest BCUT2D eigenvalue weighted by Crippen LogP contribution is -2.45. The number of imide groups is 1. The van der Waals surface area contributed by atoms with Gasteiger partial charge in [0.25, 0.3) is 5.91 Å². The molecule has 23 heavy (non-hydrogen) atoms. The van der Waals surface area contributed by atoms with Crippen LogP contribution in [-0.4, -0.2) is 65.8 Å². The van der Waals surface area contributed by atoms with Crippen LogP contribution in [0, 0.1) is 0 Å². The standard InChI is InChI=1S/C15H22N4O4/c1-3-12(21)18(2)10-11(20)16-8-9-19-13(22)15(17-14(19)23)6-4-5-7-15/h3H,1,4-10H2,2H3,(H,16,20)(H,17,23). The Bertz CT molecular complexity index is 540. The van der Waals surface area contributed by atoms with E-state index in [1.165, 1.54) is 11.9 Å². The third kappa shape index (κ3) is 3.52. The van der Waals surface area contributed by atoms with Gasteiger partial charge >= 0.3 is 6.03 Å². The van der Waals surface area contributed by atoms with Crippen molar-refractivity contribution in [3.05, 3.63) is 12.7 Å². The van der Waals surface area contributed by atoms with Crippen LogP contribution in [0.3, 0.4) is 0 Å². The summed E-state index contributed by atoms with van der Waals surface area (Å²) in [5, 5.41) is 5.38. The maximum atomic E-state index is 12.4. The highest BCUT2D eigenvalue weighted by Crippen LogP contribution is 2.34. The Morgan fingerprint density at radius 2 is 2.04 bits per heavy atom. The molecule has 2 rings (SSSR count). The molecule has 0 bridgehead atoms. The summed E-state index contributed by atoms with van der Waals surface area (Å²) in [6, 6.07) is -0.398. The van der Waals surface area contributed by atoms with Gasteiger partial charge in [-0.3, -0.25) is 19.3 Å². The summed E-state index contributed by atoms with van der Waals surface area (Å²) in [5.74, 6) is -0.907. The summed E-state index contributed by atoms with van der Waals surface area (Å²) in [6.07, 6.45) is 4.34. The summed E-state index contributed by atoms with van der Waals surface area (Å²) < 4.78 is 0. The van der Waals surface area contributed by atoms with Gasteiger partial charge in [-0.1, -0.05) is 19.4 Å². The average molecular weight is 322 g/mol. The smallest absolute Gasteiger partial charge is 0.325 e. The minimum absolute atomic E-state index is 0.102. The molecule has 1 aliphatic heterocycles. The zero-order valence-electron chi connectivity index (χ0n) is 13.3. The van der Waals surface area contributed by atoms with Crippen LogP contribution < -0.4 is 10.6 Å². The predicted octanol–water partition coefficient (Wildman–Crippen LogP) is -0.388. The molecule has 0 aromatic carbocycles. The van der Waals surface area contributed by atoms with Crippen LogP contribution in [0.5, 0.6) is 0 Å². The number of likely N-dealkylation sites (N-methyl/N-ethyl adjacent to an activating group) is 1. The van der Waals surface area contributed by atoms with Gasteiger partial charge in [0.2, 0.25) is 11.8 Å². The van der Waals surface area contributed by atoms with Gasteiger partial charge in [-0.15, -0.1) is 0 Å². The molecule has 0 unspecified atom stereocenters. The number of carbonyl (C=O) groups excluding carboxylic acids is 4. The minimum Gasteiger partial charge on any atom is -0.353 e. The first-order valence-electron chi connectivity index (χ1n) is 7.68. The molecule has 8 nitrogen and oxygen atoms in total. The number of carbonyl (C=O) groups is 4. The number of hydrogen-bond donors (Lipinski definition) is 2. The first kappa shape index (κ1) is 17.0. The van der Waals surface area contributed by atoms with Gasteiger partial charge in [-0.2, -0.15) is 0 Å². The van der Waals surface area contributed by atoms with Crippen molar-refractivity contribution in [2.45, 2.75) is 31.2 Å². The van der Waals surface area contributed by atoms with Gasteiger partial charge in [0.15, 0.2) is 0 Å². The molecule has 1 spiro atoms. The van der Waals surface area contributed by atoms with Crippen LogP contribution in [0.15, 0.2) is 12.7 Å². The molecule has 2 fully saturated rings. The molecule has 0 aromatic heterocycles. The van der Waals surface area contributed by atoms with Crippen LogP contribution in [0.4, 0.5) is 4.79 Å². The van der Waals surface area contributed by atoms with Crippen molar-refractivity contribution in [1.82, 2.24) is 20.4 Å². The van der Waals surface area contributed by atoms with Crippen LogP contribution in [0.25, 0.3) is 0 Å². The van der Waals surface area contributed by atoms with Gasteiger partial charge in [0, 0.05) is 20.1 Å². The second-order valence-corrected chi connectivity index (χ2v) is 5.92. The van der Waals surface area contributed by atoms with Crippen LogP contribution in [0.2, 0.25) is 0 Å². The molecule has 1 saturated carbocycles. The molecular weight excluding hydrogens is 300 g/mol. The maximum Gasteiger partial charge on any atom is 0.325 e. The van der Waals surface area contributed by atoms with E-state index in [1.54, 1.807) is 0 Å². The zero-order chi connectivity index (χ0) is 17.0. The average Bonchev–Trinajstić information content (AvgIpc) is 3.07. The zero-order valence-corrected chi connectivity index (χ0v) is 13.3. The van der Waals surface area contributed by atoms with Gasteiger partial charge in [-0.05, 0) is 18.9 Å². The molecule has 1 aliphatic carbocycles. The minimum atomic E-state index is -0.725. The molecule has 0 aromatic rings. The Balaban J connectivity index is 1.79. The van der Waals surface area contributed by atoms with E-state index < -0.39 is 11.6 Å². The van der Waals surface area contributed by atoms with Crippen molar-refractivity contribution in [3.63, 3.8) is 0 Å². The highest BCUT2D eigenvalue weighted by molar-refractivity contribution is 6.07. The van der Waals surface area contributed by atoms with E-state index in [9.17, 15) is 19.2 Å². The Hall–Kier alpha value is -2.38. The Labute approximate surface area is 134 Å². The predicted molar refractivity (Wildman–Crippen MR) is 82.3 cm³/mol. The van der Waals surface area contributed by atoms with Gasteiger partial charge in [-0.25, -0.2) is 4.79 Å². The Kier molecular flexibility index (Phi) is 5.02. The second-order valence-electron chi connectivity index (χ2n) is 5.92. The molecule has 1 heterocycles. The Morgan fingerprint density at radius 1 is 1.39 bits per heavy atom. The summed E-state index contributed by atoms with van der Waals surface area (Å²) >= 11 is 0. The fourth-order valence-electron chi connectivity index (χ4n) is 3.01.